The van der Waals surface area contributed by atoms with Gasteiger partial charge in [-0.1, -0.05) is 18.2 Å². The highest BCUT2D eigenvalue weighted by Crippen LogP contribution is 2.51. The summed E-state index contributed by atoms with van der Waals surface area (Å²) in [5.74, 6) is -0.891. The quantitative estimate of drug-likeness (QED) is 0.822. The van der Waals surface area contributed by atoms with Crippen LogP contribution >= 0.6 is 0 Å². The summed E-state index contributed by atoms with van der Waals surface area (Å²) in [5.41, 5.74) is -0.471. The SMILES string of the molecule is O=C(C1CC1)[C@@H]1CN(C(=O)[C@@H]2C[C@H]2c2ccccc2C(F)(F)F)CCO1. The minimum Gasteiger partial charge on any atom is -0.367 e. The maximum atomic E-state index is 13.2. The second kappa shape index (κ2) is 6.37. The molecule has 1 saturated heterocycles. The molecule has 7 heteroatoms. The van der Waals surface area contributed by atoms with Gasteiger partial charge in [-0.15, -0.1) is 0 Å². The van der Waals surface area contributed by atoms with E-state index in [4.69, 9.17) is 4.74 Å². The van der Waals surface area contributed by atoms with Gasteiger partial charge in [0.1, 0.15) is 6.10 Å². The summed E-state index contributed by atoms with van der Waals surface area (Å²) in [6, 6.07) is 5.46. The van der Waals surface area contributed by atoms with Gasteiger partial charge < -0.3 is 9.64 Å². The number of nitrogens with zero attached hydrogens (tertiary/aromatic N) is 1. The summed E-state index contributed by atoms with van der Waals surface area (Å²) >= 11 is 0. The van der Waals surface area contributed by atoms with E-state index >= 15 is 0 Å². The predicted octanol–water partition coefficient (Wildman–Crippen LogP) is 3.02. The molecular formula is C19H20F3NO3. The van der Waals surface area contributed by atoms with Crippen molar-refractivity contribution in [2.75, 3.05) is 19.7 Å². The van der Waals surface area contributed by atoms with Crippen LogP contribution in [0.5, 0.6) is 0 Å². The molecule has 3 atom stereocenters. The van der Waals surface area contributed by atoms with Crippen LogP contribution in [0.25, 0.3) is 0 Å². The third kappa shape index (κ3) is 3.37. The Kier molecular flexibility index (Phi) is 4.29. The summed E-state index contributed by atoms with van der Waals surface area (Å²) < 4.78 is 45.1. The fourth-order valence-corrected chi connectivity index (χ4v) is 3.78. The van der Waals surface area contributed by atoms with Gasteiger partial charge in [-0.25, -0.2) is 0 Å². The first-order valence-electron chi connectivity index (χ1n) is 8.96. The molecule has 1 heterocycles. The first-order chi connectivity index (χ1) is 12.4. The second-order valence-electron chi connectivity index (χ2n) is 7.35. The van der Waals surface area contributed by atoms with Crippen molar-refractivity contribution in [3.63, 3.8) is 0 Å². The first kappa shape index (κ1) is 17.5. The number of alkyl halides is 3. The molecule has 0 radical (unpaired) electrons. The van der Waals surface area contributed by atoms with Crippen LogP contribution in [-0.4, -0.2) is 42.4 Å². The van der Waals surface area contributed by atoms with Crippen molar-refractivity contribution < 1.29 is 27.5 Å². The fraction of sp³-hybridized carbons (Fsp3) is 0.579. The number of benzene rings is 1. The van der Waals surface area contributed by atoms with E-state index in [1.54, 1.807) is 11.0 Å². The molecule has 0 unspecified atom stereocenters. The van der Waals surface area contributed by atoms with Crippen molar-refractivity contribution in [2.24, 2.45) is 11.8 Å². The monoisotopic (exact) mass is 367 g/mol. The molecule has 0 bridgehead atoms. The number of hydrogen-bond donors (Lipinski definition) is 0. The van der Waals surface area contributed by atoms with Crippen molar-refractivity contribution in [2.45, 2.75) is 37.5 Å². The van der Waals surface area contributed by atoms with E-state index in [-0.39, 0.29) is 29.7 Å². The Balaban J connectivity index is 1.44. The molecule has 2 saturated carbocycles. The average molecular weight is 367 g/mol. The maximum Gasteiger partial charge on any atom is 0.416 e. The molecule has 1 amide bonds. The number of rotatable bonds is 4. The lowest BCUT2D eigenvalue weighted by Gasteiger charge is -2.32. The van der Waals surface area contributed by atoms with Crippen LogP contribution in [-0.2, 0) is 20.5 Å². The van der Waals surface area contributed by atoms with Crippen LogP contribution in [0.3, 0.4) is 0 Å². The number of ether oxygens (including phenoxy) is 1. The molecule has 0 spiro atoms. The van der Waals surface area contributed by atoms with Crippen molar-refractivity contribution >= 4 is 11.7 Å². The molecule has 1 aromatic carbocycles. The van der Waals surface area contributed by atoms with E-state index in [0.717, 1.165) is 18.9 Å². The van der Waals surface area contributed by atoms with Crippen LogP contribution in [0.1, 0.15) is 36.3 Å². The van der Waals surface area contributed by atoms with Crippen LogP contribution in [0.15, 0.2) is 24.3 Å². The Hall–Kier alpha value is -1.89. The summed E-state index contributed by atoms with van der Waals surface area (Å²) in [6.07, 6.45) is -2.82. The Morgan fingerprint density at radius 3 is 2.58 bits per heavy atom. The van der Waals surface area contributed by atoms with E-state index in [2.05, 4.69) is 0 Å². The summed E-state index contributed by atoms with van der Waals surface area (Å²) in [5, 5.41) is 0. The lowest BCUT2D eigenvalue weighted by molar-refractivity contribution is -0.147. The van der Waals surface area contributed by atoms with E-state index in [1.165, 1.54) is 12.1 Å². The van der Waals surface area contributed by atoms with Crippen molar-refractivity contribution in [1.82, 2.24) is 4.90 Å². The van der Waals surface area contributed by atoms with Gasteiger partial charge in [-0.2, -0.15) is 13.2 Å². The minimum absolute atomic E-state index is 0.0530. The van der Waals surface area contributed by atoms with Gasteiger partial charge in [0.05, 0.1) is 18.7 Å². The molecule has 3 fully saturated rings. The van der Waals surface area contributed by atoms with Crippen LogP contribution in [0, 0.1) is 11.8 Å². The van der Waals surface area contributed by atoms with E-state index in [9.17, 15) is 22.8 Å². The first-order valence-corrected chi connectivity index (χ1v) is 8.96. The highest BCUT2D eigenvalue weighted by atomic mass is 19.4. The molecule has 0 N–H and O–H groups in total. The van der Waals surface area contributed by atoms with Crippen LogP contribution in [0.2, 0.25) is 0 Å². The molecule has 140 valence electrons. The molecule has 2 aliphatic carbocycles. The zero-order chi connectivity index (χ0) is 18.5. The molecule has 26 heavy (non-hydrogen) atoms. The number of ketones is 1. The van der Waals surface area contributed by atoms with Crippen LogP contribution in [0.4, 0.5) is 13.2 Å². The number of amides is 1. The van der Waals surface area contributed by atoms with Gasteiger partial charge in [0, 0.05) is 18.4 Å². The van der Waals surface area contributed by atoms with E-state index in [1.807, 2.05) is 0 Å². The van der Waals surface area contributed by atoms with Gasteiger partial charge in [0.15, 0.2) is 5.78 Å². The smallest absolute Gasteiger partial charge is 0.367 e. The Morgan fingerprint density at radius 1 is 1.15 bits per heavy atom. The van der Waals surface area contributed by atoms with Crippen LogP contribution < -0.4 is 0 Å². The molecular weight excluding hydrogens is 347 g/mol. The Bertz CT molecular complexity index is 729. The fourth-order valence-electron chi connectivity index (χ4n) is 3.78. The standard InChI is InChI=1S/C19H20F3NO3/c20-19(21,22)15-4-2-1-3-12(15)13-9-14(13)18(25)23-7-8-26-16(10-23)17(24)11-5-6-11/h1-4,11,13-14,16H,5-10H2/t13-,14+,16-/m0/s1. The number of hydrogen-bond acceptors (Lipinski definition) is 3. The third-order valence-corrected chi connectivity index (χ3v) is 5.45. The summed E-state index contributed by atoms with van der Waals surface area (Å²) in [6.45, 7) is 0.904. The topological polar surface area (TPSA) is 46.6 Å². The second-order valence-corrected chi connectivity index (χ2v) is 7.35. The number of morpholine rings is 1. The lowest BCUT2D eigenvalue weighted by atomic mass is 10.0. The minimum atomic E-state index is -4.42. The van der Waals surface area contributed by atoms with Gasteiger partial charge in [-0.05, 0) is 36.8 Å². The maximum absolute atomic E-state index is 13.2. The molecule has 1 aliphatic heterocycles. The largest absolute Gasteiger partial charge is 0.416 e. The molecule has 4 rings (SSSR count). The number of Topliss-reactive ketones (excluding diaryl/α,β-unsaturated/α-hetero) is 1. The zero-order valence-electron chi connectivity index (χ0n) is 14.2. The summed E-state index contributed by atoms with van der Waals surface area (Å²) in [7, 11) is 0. The highest BCUT2D eigenvalue weighted by Gasteiger charge is 2.50. The van der Waals surface area contributed by atoms with Crippen molar-refractivity contribution in [3.05, 3.63) is 35.4 Å². The number of carbonyl (C=O) groups is 2. The van der Waals surface area contributed by atoms with Gasteiger partial charge in [-0.3, -0.25) is 9.59 Å². The predicted molar refractivity (Wildman–Crippen MR) is 86.3 cm³/mol. The van der Waals surface area contributed by atoms with Gasteiger partial charge in [0.2, 0.25) is 5.91 Å². The van der Waals surface area contributed by atoms with Crippen molar-refractivity contribution in [1.29, 1.82) is 0 Å². The molecule has 3 aliphatic rings. The lowest BCUT2D eigenvalue weighted by Crippen LogP contribution is -2.49. The number of carbonyl (C=O) groups excluding carboxylic acids is 2. The average Bonchev–Trinajstić information content (AvgIpc) is 3.53. The van der Waals surface area contributed by atoms with E-state index < -0.39 is 29.7 Å². The zero-order valence-corrected chi connectivity index (χ0v) is 14.2. The Labute approximate surface area is 149 Å². The molecule has 4 nitrogen and oxygen atoms in total. The van der Waals surface area contributed by atoms with Crippen molar-refractivity contribution in [3.8, 4) is 0 Å². The summed E-state index contributed by atoms with van der Waals surface area (Å²) in [4.78, 5) is 26.5. The van der Waals surface area contributed by atoms with Gasteiger partial charge >= 0.3 is 6.18 Å². The Morgan fingerprint density at radius 2 is 1.88 bits per heavy atom. The van der Waals surface area contributed by atoms with E-state index in [0.29, 0.717) is 19.6 Å². The molecule has 0 aromatic heterocycles. The molecule has 1 aromatic rings. The normalized spacial score (nSPS) is 28.7. The van der Waals surface area contributed by atoms with Gasteiger partial charge in [0.25, 0.3) is 0 Å². The highest BCUT2D eigenvalue weighted by molar-refractivity contribution is 5.89. The third-order valence-electron chi connectivity index (χ3n) is 5.45. The number of halogens is 3.